The zero-order valence-corrected chi connectivity index (χ0v) is 18.1. The van der Waals surface area contributed by atoms with Crippen molar-refractivity contribution in [2.24, 2.45) is 0 Å². The molecule has 3 aromatic rings. The van der Waals surface area contributed by atoms with E-state index in [2.05, 4.69) is 59.9 Å². The molecule has 0 amide bonds. The van der Waals surface area contributed by atoms with E-state index < -0.39 is 0 Å². The standard InChI is InChI=1S/C24H25Cl2NS/c25-21-11-7-19(8-12-21)24(20-9-13-22(26)14-10-20)15-17-27-16-4-18-28-23-5-2-1-3-6-23/h1-3,5-14,24,27H,4,15-18H2. The zero-order valence-electron chi connectivity index (χ0n) is 15.8. The van der Waals surface area contributed by atoms with Gasteiger partial charge in [-0.15, -0.1) is 11.8 Å². The molecule has 4 heteroatoms. The first-order valence-corrected chi connectivity index (χ1v) is 11.4. The minimum Gasteiger partial charge on any atom is -0.317 e. The molecule has 0 bridgehead atoms. The van der Waals surface area contributed by atoms with E-state index in [0.29, 0.717) is 5.92 Å². The van der Waals surface area contributed by atoms with Crippen LogP contribution in [0.1, 0.15) is 29.9 Å². The third-order valence-electron chi connectivity index (χ3n) is 4.66. The molecule has 0 aliphatic rings. The van der Waals surface area contributed by atoms with E-state index >= 15 is 0 Å². The van der Waals surface area contributed by atoms with Crippen molar-refractivity contribution in [2.45, 2.75) is 23.7 Å². The summed E-state index contributed by atoms with van der Waals surface area (Å²) in [7, 11) is 0. The van der Waals surface area contributed by atoms with Gasteiger partial charge in [0.05, 0.1) is 0 Å². The van der Waals surface area contributed by atoms with Crippen LogP contribution >= 0.6 is 35.0 Å². The summed E-state index contributed by atoms with van der Waals surface area (Å²) < 4.78 is 0. The summed E-state index contributed by atoms with van der Waals surface area (Å²) in [5.41, 5.74) is 2.57. The molecule has 0 saturated heterocycles. The molecular formula is C24H25Cl2NS. The van der Waals surface area contributed by atoms with Gasteiger partial charge in [0, 0.05) is 20.9 Å². The molecule has 3 aromatic carbocycles. The van der Waals surface area contributed by atoms with Crippen molar-refractivity contribution in [2.75, 3.05) is 18.8 Å². The average Bonchev–Trinajstić information content (AvgIpc) is 2.73. The summed E-state index contributed by atoms with van der Waals surface area (Å²) in [6.07, 6.45) is 2.20. The van der Waals surface area contributed by atoms with Gasteiger partial charge in [-0.25, -0.2) is 0 Å². The molecular weight excluding hydrogens is 405 g/mol. The zero-order chi connectivity index (χ0) is 19.6. The van der Waals surface area contributed by atoms with E-state index in [-0.39, 0.29) is 0 Å². The summed E-state index contributed by atoms with van der Waals surface area (Å²) in [5.74, 6) is 1.47. The number of benzene rings is 3. The summed E-state index contributed by atoms with van der Waals surface area (Å²) in [4.78, 5) is 1.34. The summed E-state index contributed by atoms with van der Waals surface area (Å²) in [5, 5.41) is 5.14. The lowest BCUT2D eigenvalue weighted by Crippen LogP contribution is -2.19. The van der Waals surface area contributed by atoms with Gasteiger partial charge in [-0.2, -0.15) is 0 Å². The first-order valence-electron chi connectivity index (χ1n) is 9.62. The minimum absolute atomic E-state index is 0.334. The lowest BCUT2D eigenvalue weighted by molar-refractivity contribution is 0.608. The number of halogens is 2. The molecule has 0 heterocycles. The number of thioether (sulfide) groups is 1. The molecule has 1 N–H and O–H groups in total. The lowest BCUT2D eigenvalue weighted by Gasteiger charge is -2.19. The van der Waals surface area contributed by atoms with E-state index in [0.717, 1.165) is 41.7 Å². The highest BCUT2D eigenvalue weighted by Gasteiger charge is 2.14. The van der Waals surface area contributed by atoms with Gasteiger partial charge >= 0.3 is 0 Å². The van der Waals surface area contributed by atoms with E-state index in [9.17, 15) is 0 Å². The van der Waals surface area contributed by atoms with Crippen molar-refractivity contribution in [1.29, 1.82) is 0 Å². The number of hydrogen-bond acceptors (Lipinski definition) is 2. The second kappa shape index (κ2) is 11.5. The number of hydrogen-bond donors (Lipinski definition) is 1. The van der Waals surface area contributed by atoms with Crippen molar-refractivity contribution >= 4 is 35.0 Å². The van der Waals surface area contributed by atoms with Gasteiger partial charge in [0.25, 0.3) is 0 Å². The maximum absolute atomic E-state index is 6.07. The summed E-state index contributed by atoms with van der Waals surface area (Å²) in [6, 6.07) is 26.9. The highest BCUT2D eigenvalue weighted by atomic mass is 35.5. The van der Waals surface area contributed by atoms with Crippen LogP contribution in [-0.4, -0.2) is 18.8 Å². The molecule has 3 rings (SSSR count). The van der Waals surface area contributed by atoms with Crippen molar-refractivity contribution in [1.82, 2.24) is 5.32 Å². The second-order valence-electron chi connectivity index (χ2n) is 6.71. The highest BCUT2D eigenvalue weighted by Crippen LogP contribution is 2.29. The Hall–Kier alpha value is -1.45. The first kappa shape index (κ1) is 21.3. The maximum atomic E-state index is 6.07. The normalized spacial score (nSPS) is 11.1. The van der Waals surface area contributed by atoms with Crippen LogP contribution < -0.4 is 5.32 Å². The molecule has 0 spiro atoms. The lowest BCUT2D eigenvalue weighted by atomic mass is 9.88. The molecule has 0 aromatic heterocycles. The molecule has 1 nitrogen and oxygen atoms in total. The van der Waals surface area contributed by atoms with E-state index in [4.69, 9.17) is 23.2 Å². The van der Waals surface area contributed by atoms with Crippen LogP contribution in [0.15, 0.2) is 83.8 Å². The first-order chi connectivity index (χ1) is 13.7. The molecule has 146 valence electrons. The number of nitrogens with one attached hydrogen (secondary N) is 1. The fraction of sp³-hybridized carbons (Fsp3) is 0.250. The summed E-state index contributed by atoms with van der Waals surface area (Å²) in [6.45, 7) is 2.01. The van der Waals surface area contributed by atoms with Crippen LogP contribution in [0.3, 0.4) is 0 Å². The topological polar surface area (TPSA) is 12.0 Å². The Bertz CT molecular complexity index is 774. The van der Waals surface area contributed by atoms with E-state index in [1.54, 1.807) is 0 Å². The molecule has 0 radical (unpaired) electrons. The van der Waals surface area contributed by atoms with Crippen molar-refractivity contribution < 1.29 is 0 Å². The van der Waals surface area contributed by atoms with Crippen molar-refractivity contribution in [3.05, 3.63) is 100 Å². The van der Waals surface area contributed by atoms with E-state index in [1.165, 1.54) is 16.0 Å². The largest absolute Gasteiger partial charge is 0.317 e. The quantitative estimate of drug-likeness (QED) is 0.268. The minimum atomic E-state index is 0.334. The maximum Gasteiger partial charge on any atom is 0.0406 e. The molecule has 0 aliphatic carbocycles. The second-order valence-corrected chi connectivity index (χ2v) is 8.75. The van der Waals surface area contributed by atoms with Gasteiger partial charge in [0.1, 0.15) is 0 Å². The van der Waals surface area contributed by atoms with Gasteiger partial charge in [-0.1, -0.05) is 65.7 Å². The Labute approximate surface area is 182 Å². The van der Waals surface area contributed by atoms with Gasteiger partial charge in [-0.3, -0.25) is 0 Å². The van der Waals surface area contributed by atoms with Gasteiger partial charge in [0.15, 0.2) is 0 Å². The van der Waals surface area contributed by atoms with Crippen LogP contribution in [0, 0.1) is 0 Å². The number of rotatable bonds is 10. The third kappa shape index (κ3) is 6.86. The van der Waals surface area contributed by atoms with Gasteiger partial charge in [-0.05, 0) is 79.2 Å². The van der Waals surface area contributed by atoms with E-state index in [1.807, 2.05) is 36.0 Å². The Morgan fingerprint density at radius 2 is 1.29 bits per heavy atom. The SMILES string of the molecule is Clc1ccc(C(CCNCCCSc2ccccc2)c2ccc(Cl)cc2)cc1. The van der Waals surface area contributed by atoms with Crippen LogP contribution in [0.2, 0.25) is 10.0 Å². The van der Waals surface area contributed by atoms with Gasteiger partial charge in [0.2, 0.25) is 0 Å². The smallest absolute Gasteiger partial charge is 0.0406 e. The van der Waals surface area contributed by atoms with Crippen LogP contribution in [0.25, 0.3) is 0 Å². The summed E-state index contributed by atoms with van der Waals surface area (Å²) >= 11 is 14.1. The molecule has 0 saturated carbocycles. The monoisotopic (exact) mass is 429 g/mol. The third-order valence-corrected chi connectivity index (χ3v) is 6.27. The molecule has 28 heavy (non-hydrogen) atoms. The Kier molecular flexibility index (Phi) is 8.75. The molecule has 0 aliphatic heterocycles. The van der Waals surface area contributed by atoms with Gasteiger partial charge < -0.3 is 5.32 Å². The van der Waals surface area contributed by atoms with Crippen molar-refractivity contribution in [3.63, 3.8) is 0 Å². The van der Waals surface area contributed by atoms with Crippen molar-refractivity contribution in [3.8, 4) is 0 Å². The highest BCUT2D eigenvalue weighted by molar-refractivity contribution is 7.99. The Balaban J connectivity index is 1.48. The molecule has 0 fully saturated rings. The molecule has 0 unspecified atom stereocenters. The van der Waals surface area contributed by atoms with Crippen LogP contribution in [0.4, 0.5) is 0 Å². The fourth-order valence-corrected chi connectivity index (χ4v) is 4.32. The Morgan fingerprint density at radius 3 is 1.86 bits per heavy atom. The molecule has 0 atom stereocenters. The predicted octanol–water partition coefficient (Wildman–Crippen LogP) is 7.29. The van der Waals surface area contributed by atoms with Crippen LogP contribution in [0.5, 0.6) is 0 Å². The fourth-order valence-electron chi connectivity index (χ4n) is 3.19. The average molecular weight is 430 g/mol. The Morgan fingerprint density at radius 1 is 0.714 bits per heavy atom. The predicted molar refractivity (Wildman–Crippen MR) is 124 cm³/mol. The van der Waals surface area contributed by atoms with Crippen LogP contribution in [-0.2, 0) is 0 Å².